The van der Waals surface area contributed by atoms with Crippen LogP contribution in [0.2, 0.25) is 0 Å². The minimum Gasteiger partial charge on any atom is -0.475 e. The zero-order valence-corrected chi connectivity index (χ0v) is 10.7. The van der Waals surface area contributed by atoms with Crippen LogP contribution < -0.4 is 0 Å². The third-order valence-corrected chi connectivity index (χ3v) is 3.06. The molecule has 4 heteroatoms. The van der Waals surface area contributed by atoms with Crippen LogP contribution >= 0.6 is 0 Å². The summed E-state index contributed by atoms with van der Waals surface area (Å²) in [6.45, 7) is 5.83. The number of carbonyl (C=O) groups is 1. The maximum Gasteiger partial charge on any atom is 0.373 e. The Labute approximate surface area is 105 Å². The van der Waals surface area contributed by atoms with E-state index in [9.17, 15) is 4.79 Å². The molecule has 4 nitrogen and oxygen atoms in total. The lowest BCUT2D eigenvalue weighted by Crippen LogP contribution is -1.98. The van der Waals surface area contributed by atoms with Crippen molar-refractivity contribution in [3.63, 3.8) is 0 Å². The Kier molecular flexibility index (Phi) is 3.19. The van der Waals surface area contributed by atoms with Gasteiger partial charge in [-0.2, -0.15) is 0 Å². The van der Waals surface area contributed by atoms with Gasteiger partial charge in [0.25, 0.3) is 0 Å². The molecule has 0 aliphatic heterocycles. The predicted molar refractivity (Wildman–Crippen MR) is 67.8 cm³/mol. The SMILES string of the molecule is CCc1nc(-c2cccc(C)c2C)oc1C(=O)O. The quantitative estimate of drug-likeness (QED) is 0.901. The molecule has 0 spiro atoms. The molecule has 1 N–H and O–H groups in total. The van der Waals surface area contributed by atoms with Crippen molar-refractivity contribution in [3.05, 3.63) is 40.8 Å². The molecule has 0 saturated carbocycles. The summed E-state index contributed by atoms with van der Waals surface area (Å²) in [5.74, 6) is -0.755. The number of hydrogen-bond donors (Lipinski definition) is 1. The molecule has 18 heavy (non-hydrogen) atoms. The van der Waals surface area contributed by atoms with Crippen LogP contribution in [0.15, 0.2) is 22.6 Å². The Morgan fingerprint density at radius 2 is 2.11 bits per heavy atom. The van der Waals surface area contributed by atoms with Gasteiger partial charge >= 0.3 is 5.97 Å². The summed E-state index contributed by atoms with van der Waals surface area (Å²) in [6, 6.07) is 5.80. The van der Waals surface area contributed by atoms with Crippen LogP contribution in [0.5, 0.6) is 0 Å². The second kappa shape index (κ2) is 4.64. The van der Waals surface area contributed by atoms with Crippen LogP contribution in [-0.2, 0) is 6.42 Å². The molecular formula is C14H15NO3. The molecule has 0 aliphatic carbocycles. The van der Waals surface area contributed by atoms with Crippen molar-refractivity contribution in [1.82, 2.24) is 4.98 Å². The van der Waals surface area contributed by atoms with E-state index in [0.29, 0.717) is 18.0 Å². The van der Waals surface area contributed by atoms with Gasteiger partial charge in [-0.15, -0.1) is 0 Å². The fourth-order valence-electron chi connectivity index (χ4n) is 1.86. The molecule has 0 atom stereocenters. The van der Waals surface area contributed by atoms with Crippen molar-refractivity contribution < 1.29 is 14.3 Å². The van der Waals surface area contributed by atoms with Crippen LogP contribution in [0.4, 0.5) is 0 Å². The average molecular weight is 245 g/mol. The number of nitrogens with zero attached hydrogens (tertiary/aromatic N) is 1. The van der Waals surface area contributed by atoms with Crippen molar-refractivity contribution in [2.45, 2.75) is 27.2 Å². The third-order valence-electron chi connectivity index (χ3n) is 3.06. The van der Waals surface area contributed by atoms with Crippen LogP contribution in [0.25, 0.3) is 11.5 Å². The van der Waals surface area contributed by atoms with Crippen molar-refractivity contribution >= 4 is 5.97 Å². The lowest BCUT2D eigenvalue weighted by Gasteiger charge is -2.03. The summed E-state index contributed by atoms with van der Waals surface area (Å²) in [4.78, 5) is 15.3. The van der Waals surface area contributed by atoms with E-state index in [4.69, 9.17) is 9.52 Å². The number of carboxylic acids is 1. The van der Waals surface area contributed by atoms with Gasteiger partial charge in [0.05, 0.1) is 5.69 Å². The van der Waals surface area contributed by atoms with Crippen molar-refractivity contribution in [3.8, 4) is 11.5 Å². The third kappa shape index (κ3) is 2.01. The first-order valence-electron chi connectivity index (χ1n) is 5.84. The highest BCUT2D eigenvalue weighted by Gasteiger charge is 2.19. The smallest absolute Gasteiger partial charge is 0.373 e. The van der Waals surface area contributed by atoms with Crippen LogP contribution in [0.1, 0.15) is 34.3 Å². The monoisotopic (exact) mass is 245 g/mol. The number of aromatic nitrogens is 1. The highest BCUT2D eigenvalue weighted by Crippen LogP contribution is 2.27. The highest BCUT2D eigenvalue weighted by molar-refractivity contribution is 5.86. The first-order valence-corrected chi connectivity index (χ1v) is 5.84. The van der Waals surface area contributed by atoms with Gasteiger partial charge in [0, 0.05) is 5.56 Å². The number of aromatic carboxylic acids is 1. The molecule has 94 valence electrons. The lowest BCUT2D eigenvalue weighted by atomic mass is 10.0. The van der Waals surface area contributed by atoms with Crippen LogP contribution in [0, 0.1) is 13.8 Å². The molecule has 0 aliphatic rings. The van der Waals surface area contributed by atoms with E-state index in [0.717, 1.165) is 16.7 Å². The van der Waals surface area contributed by atoms with Crippen molar-refractivity contribution in [1.29, 1.82) is 0 Å². The van der Waals surface area contributed by atoms with Crippen LogP contribution in [0.3, 0.4) is 0 Å². The Bertz CT molecular complexity index is 599. The van der Waals surface area contributed by atoms with E-state index in [1.54, 1.807) is 0 Å². The topological polar surface area (TPSA) is 63.3 Å². The maximum atomic E-state index is 11.0. The summed E-state index contributed by atoms with van der Waals surface area (Å²) in [5, 5.41) is 9.05. The number of oxazole rings is 1. The molecule has 0 bridgehead atoms. The average Bonchev–Trinajstić information content (AvgIpc) is 2.76. The molecule has 0 amide bonds. The molecule has 1 heterocycles. The van der Waals surface area contributed by atoms with Gasteiger partial charge in [0.1, 0.15) is 0 Å². The van der Waals surface area contributed by atoms with Gasteiger partial charge < -0.3 is 9.52 Å². The largest absolute Gasteiger partial charge is 0.475 e. The van der Waals surface area contributed by atoms with E-state index in [1.807, 2.05) is 39.0 Å². The minimum absolute atomic E-state index is 0.0617. The Morgan fingerprint density at radius 1 is 1.39 bits per heavy atom. The second-order valence-corrected chi connectivity index (χ2v) is 4.20. The molecule has 0 fully saturated rings. The van der Waals surface area contributed by atoms with E-state index in [1.165, 1.54) is 0 Å². The number of rotatable bonds is 3. The van der Waals surface area contributed by atoms with Gasteiger partial charge in [-0.25, -0.2) is 9.78 Å². The highest BCUT2D eigenvalue weighted by atomic mass is 16.4. The second-order valence-electron chi connectivity index (χ2n) is 4.20. The minimum atomic E-state index is -1.07. The first-order chi connectivity index (χ1) is 8.54. The van der Waals surface area contributed by atoms with Crippen molar-refractivity contribution in [2.24, 2.45) is 0 Å². The predicted octanol–water partition coefficient (Wildman–Crippen LogP) is 3.22. The van der Waals surface area contributed by atoms with E-state index < -0.39 is 5.97 Å². The Morgan fingerprint density at radius 3 is 2.67 bits per heavy atom. The molecule has 1 aromatic carbocycles. The maximum absolute atomic E-state index is 11.0. The summed E-state index contributed by atoms with van der Waals surface area (Å²) in [7, 11) is 0. The summed E-state index contributed by atoms with van der Waals surface area (Å²) < 4.78 is 5.38. The summed E-state index contributed by atoms with van der Waals surface area (Å²) in [5.41, 5.74) is 3.51. The van der Waals surface area contributed by atoms with Gasteiger partial charge in [-0.05, 0) is 37.5 Å². The molecule has 0 unspecified atom stereocenters. The van der Waals surface area contributed by atoms with E-state index in [2.05, 4.69) is 4.98 Å². The summed E-state index contributed by atoms with van der Waals surface area (Å²) in [6.07, 6.45) is 0.538. The lowest BCUT2D eigenvalue weighted by molar-refractivity contribution is 0.0662. The van der Waals surface area contributed by atoms with Crippen LogP contribution in [-0.4, -0.2) is 16.1 Å². The van der Waals surface area contributed by atoms with Gasteiger partial charge in [0.2, 0.25) is 11.7 Å². The zero-order chi connectivity index (χ0) is 13.3. The molecule has 2 aromatic rings. The number of benzene rings is 1. The van der Waals surface area contributed by atoms with Gasteiger partial charge in [-0.1, -0.05) is 19.1 Å². The Balaban J connectivity index is 2.58. The number of hydrogen-bond acceptors (Lipinski definition) is 3. The Hall–Kier alpha value is -2.10. The van der Waals surface area contributed by atoms with Gasteiger partial charge in [0.15, 0.2) is 0 Å². The normalized spacial score (nSPS) is 10.6. The molecule has 2 rings (SSSR count). The molecular weight excluding hydrogens is 230 g/mol. The van der Waals surface area contributed by atoms with E-state index in [-0.39, 0.29) is 5.76 Å². The molecule has 1 aromatic heterocycles. The zero-order valence-electron chi connectivity index (χ0n) is 10.7. The van der Waals surface area contributed by atoms with Crippen molar-refractivity contribution in [2.75, 3.05) is 0 Å². The van der Waals surface area contributed by atoms with E-state index >= 15 is 0 Å². The first kappa shape index (κ1) is 12.4. The fourth-order valence-corrected chi connectivity index (χ4v) is 1.86. The number of carboxylic acid groups (broad SMARTS) is 1. The standard InChI is InChI=1S/C14H15NO3/c1-4-11-12(14(16)17)18-13(15-11)10-7-5-6-8(2)9(10)3/h5-7H,4H2,1-3H3,(H,16,17). The fraction of sp³-hybridized carbons (Fsp3) is 0.286. The number of aryl methyl sites for hydroxylation is 2. The molecule has 0 saturated heterocycles. The van der Waals surface area contributed by atoms with Gasteiger partial charge in [-0.3, -0.25) is 0 Å². The summed E-state index contributed by atoms with van der Waals surface area (Å²) >= 11 is 0. The molecule has 0 radical (unpaired) electrons.